The molecular weight excluding hydrogens is 280 g/mol. The van der Waals surface area contributed by atoms with Crippen LogP contribution in [-0.4, -0.2) is 19.6 Å². The van der Waals surface area contributed by atoms with Gasteiger partial charge in [0, 0.05) is 19.6 Å². The molecule has 1 N–H and O–H groups in total. The van der Waals surface area contributed by atoms with E-state index in [1.165, 1.54) is 12.0 Å². The standard InChI is InChI=1S/C18H31ClN2/c1-13(2)9-15(5)21(6)18-8-7-16(10-17(18)19)12-20-11-14(3)4/h7-8,10,13-15,20H,9,11-12H2,1-6H3. The van der Waals surface area contributed by atoms with Crippen LogP contribution in [0.3, 0.4) is 0 Å². The van der Waals surface area contributed by atoms with E-state index in [1.54, 1.807) is 0 Å². The largest absolute Gasteiger partial charge is 0.371 e. The second-order valence-corrected chi connectivity index (χ2v) is 7.31. The maximum Gasteiger partial charge on any atom is 0.0642 e. The Kier molecular flexibility index (Phi) is 7.55. The minimum atomic E-state index is 0.493. The monoisotopic (exact) mass is 310 g/mol. The Labute approximate surface area is 135 Å². The number of benzene rings is 1. The van der Waals surface area contributed by atoms with E-state index in [-0.39, 0.29) is 0 Å². The molecule has 2 nitrogen and oxygen atoms in total. The first-order valence-electron chi connectivity index (χ1n) is 8.03. The van der Waals surface area contributed by atoms with Crippen molar-refractivity contribution < 1.29 is 0 Å². The van der Waals surface area contributed by atoms with Crippen molar-refractivity contribution in [1.82, 2.24) is 5.32 Å². The first-order valence-corrected chi connectivity index (χ1v) is 8.41. The third-order valence-corrected chi connectivity index (χ3v) is 4.05. The third kappa shape index (κ3) is 6.27. The summed E-state index contributed by atoms with van der Waals surface area (Å²) in [4.78, 5) is 2.29. The summed E-state index contributed by atoms with van der Waals surface area (Å²) in [7, 11) is 2.13. The molecule has 120 valence electrons. The van der Waals surface area contributed by atoms with Crippen LogP contribution < -0.4 is 10.2 Å². The molecule has 0 aromatic heterocycles. The van der Waals surface area contributed by atoms with Crippen LogP contribution in [0.5, 0.6) is 0 Å². The van der Waals surface area contributed by atoms with Gasteiger partial charge in [-0.1, -0.05) is 45.4 Å². The summed E-state index contributed by atoms with van der Waals surface area (Å²) in [5, 5.41) is 4.30. The zero-order chi connectivity index (χ0) is 16.0. The van der Waals surface area contributed by atoms with Crippen LogP contribution in [0, 0.1) is 11.8 Å². The molecular formula is C18H31ClN2. The van der Waals surface area contributed by atoms with E-state index in [1.807, 2.05) is 0 Å². The number of hydrogen-bond acceptors (Lipinski definition) is 2. The van der Waals surface area contributed by atoms with Crippen LogP contribution in [0.15, 0.2) is 18.2 Å². The topological polar surface area (TPSA) is 15.3 Å². The molecule has 1 unspecified atom stereocenters. The molecule has 0 amide bonds. The Morgan fingerprint density at radius 2 is 1.76 bits per heavy atom. The average Bonchev–Trinajstić information content (AvgIpc) is 2.37. The Morgan fingerprint density at radius 3 is 2.29 bits per heavy atom. The third-order valence-electron chi connectivity index (χ3n) is 3.75. The number of halogens is 1. The summed E-state index contributed by atoms with van der Waals surface area (Å²) in [5.41, 5.74) is 2.37. The molecule has 0 aliphatic rings. The van der Waals surface area contributed by atoms with Crippen molar-refractivity contribution in [2.75, 3.05) is 18.5 Å². The lowest BCUT2D eigenvalue weighted by atomic mass is 10.0. The van der Waals surface area contributed by atoms with Gasteiger partial charge >= 0.3 is 0 Å². The van der Waals surface area contributed by atoms with E-state index in [0.29, 0.717) is 17.9 Å². The fourth-order valence-corrected chi connectivity index (χ4v) is 2.87. The van der Waals surface area contributed by atoms with Crippen LogP contribution in [-0.2, 0) is 6.54 Å². The first-order chi connectivity index (χ1) is 9.81. The predicted molar refractivity (Wildman–Crippen MR) is 95.3 cm³/mol. The zero-order valence-corrected chi connectivity index (χ0v) is 15.2. The molecule has 1 rings (SSSR count). The van der Waals surface area contributed by atoms with Gasteiger partial charge < -0.3 is 10.2 Å². The van der Waals surface area contributed by atoms with Crippen molar-refractivity contribution in [3.8, 4) is 0 Å². The van der Waals surface area contributed by atoms with Gasteiger partial charge in [-0.3, -0.25) is 0 Å². The minimum Gasteiger partial charge on any atom is -0.371 e. The van der Waals surface area contributed by atoms with Crippen LogP contribution in [0.4, 0.5) is 5.69 Å². The molecule has 0 aliphatic carbocycles. The highest BCUT2D eigenvalue weighted by atomic mass is 35.5. The van der Waals surface area contributed by atoms with Gasteiger partial charge in [0.05, 0.1) is 10.7 Å². The number of nitrogens with one attached hydrogen (secondary N) is 1. The second kappa shape index (κ2) is 8.65. The van der Waals surface area contributed by atoms with Gasteiger partial charge in [0.2, 0.25) is 0 Å². The molecule has 0 aliphatic heterocycles. The van der Waals surface area contributed by atoms with Crippen molar-refractivity contribution >= 4 is 17.3 Å². The number of nitrogens with zero attached hydrogens (tertiary/aromatic N) is 1. The maximum absolute atomic E-state index is 6.48. The summed E-state index contributed by atoms with van der Waals surface area (Å²) >= 11 is 6.48. The molecule has 0 fully saturated rings. The lowest BCUT2D eigenvalue weighted by Crippen LogP contribution is -2.30. The van der Waals surface area contributed by atoms with Crippen molar-refractivity contribution in [3.05, 3.63) is 28.8 Å². The van der Waals surface area contributed by atoms with Crippen molar-refractivity contribution in [3.63, 3.8) is 0 Å². The number of rotatable bonds is 8. The smallest absolute Gasteiger partial charge is 0.0642 e. The number of anilines is 1. The van der Waals surface area contributed by atoms with Crippen LogP contribution in [0.25, 0.3) is 0 Å². The normalized spacial score (nSPS) is 13.0. The van der Waals surface area contributed by atoms with E-state index < -0.39 is 0 Å². The SMILES string of the molecule is CC(C)CNCc1ccc(N(C)C(C)CC(C)C)c(Cl)c1. The summed E-state index contributed by atoms with van der Waals surface area (Å²) in [6.07, 6.45) is 1.17. The van der Waals surface area contributed by atoms with E-state index in [2.05, 4.69) is 70.1 Å². The summed E-state index contributed by atoms with van der Waals surface area (Å²) in [5.74, 6) is 1.36. The first kappa shape index (κ1) is 18.3. The van der Waals surface area contributed by atoms with Crippen molar-refractivity contribution in [2.45, 2.75) is 53.6 Å². The molecule has 0 radical (unpaired) electrons. The highest BCUT2D eigenvalue weighted by Crippen LogP contribution is 2.28. The summed E-state index contributed by atoms with van der Waals surface area (Å²) in [6, 6.07) is 6.90. The van der Waals surface area contributed by atoms with E-state index in [4.69, 9.17) is 11.6 Å². The van der Waals surface area contributed by atoms with Crippen molar-refractivity contribution in [2.24, 2.45) is 11.8 Å². The highest BCUT2D eigenvalue weighted by Gasteiger charge is 2.14. The van der Waals surface area contributed by atoms with Gasteiger partial charge in [-0.2, -0.15) is 0 Å². The van der Waals surface area contributed by atoms with E-state index in [0.717, 1.165) is 23.8 Å². The highest BCUT2D eigenvalue weighted by molar-refractivity contribution is 6.33. The average molecular weight is 311 g/mol. The molecule has 3 heteroatoms. The molecule has 1 aromatic rings. The fraction of sp³-hybridized carbons (Fsp3) is 0.667. The Bertz CT molecular complexity index is 429. The van der Waals surface area contributed by atoms with Crippen LogP contribution >= 0.6 is 11.6 Å². The van der Waals surface area contributed by atoms with Gasteiger partial charge in [-0.05, 0) is 49.4 Å². The van der Waals surface area contributed by atoms with Crippen molar-refractivity contribution in [1.29, 1.82) is 0 Å². The molecule has 0 heterocycles. The van der Waals surface area contributed by atoms with E-state index >= 15 is 0 Å². The molecule has 0 spiro atoms. The molecule has 0 saturated carbocycles. The zero-order valence-electron chi connectivity index (χ0n) is 14.4. The Morgan fingerprint density at radius 1 is 1.10 bits per heavy atom. The number of hydrogen-bond donors (Lipinski definition) is 1. The van der Waals surface area contributed by atoms with Gasteiger partial charge in [0.1, 0.15) is 0 Å². The molecule has 21 heavy (non-hydrogen) atoms. The Hall–Kier alpha value is -0.730. The quantitative estimate of drug-likeness (QED) is 0.730. The molecule has 1 atom stereocenters. The van der Waals surface area contributed by atoms with Gasteiger partial charge in [-0.15, -0.1) is 0 Å². The van der Waals surface area contributed by atoms with Gasteiger partial charge in [0.25, 0.3) is 0 Å². The predicted octanol–water partition coefficient (Wildman–Crippen LogP) is 4.96. The Balaban J connectivity index is 2.68. The van der Waals surface area contributed by atoms with E-state index in [9.17, 15) is 0 Å². The van der Waals surface area contributed by atoms with Crippen LogP contribution in [0.2, 0.25) is 5.02 Å². The summed E-state index contributed by atoms with van der Waals surface area (Å²) in [6.45, 7) is 13.1. The molecule has 0 saturated heterocycles. The van der Waals surface area contributed by atoms with Crippen LogP contribution in [0.1, 0.15) is 46.6 Å². The lowest BCUT2D eigenvalue weighted by molar-refractivity contribution is 0.504. The fourth-order valence-electron chi connectivity index (χ4n) is 2.53. The minimum absolute atomic E-state index is 0.493. The van der Waals surface area contributed by atoms with Gasteiger partial charge in [-0.25, -0.2) is 0 Å². The molecule has 0 bridgehead atoms. The second-order valence-electron chi connectivity index (χ2n) is 6.90. The molecule has 1 aromatic carbocycles. The van der Waals surface area contributed by atoms with Gasteiger partial charge in [0.15, 0.2) is 0 Å². The summed E-state index contributed by atoms with van der Waals surface area (Å²) < 4.78 is 0. The lowest BCUT2D eigenvalue weighted by Gasteiger charge is -2.29. The maximum atomic E-state index is 6.48.